The first-order valence-electron chi connectivity index (χ1n) is 14.9. The minimum Gasteiger partial charge on any atom is -0.487 e. The van der Waals surface area contributed by atoms with Gasteiger partial charge in [-0.05, 0) is 53.6 Å². The van der Waals surface area contributed by atoms with Crippen LogP contribution in [0, 0.1) is 10.1 Å². The number of nitro groups is 1. The number of rotatable bonds is 9. The van der Waals surface area contributed by atoms with Gasteiger partial charge in [0.1, 0.15) is 53.1 Å². The Morgan fingerprint density at radius 1 is 0.596 bits per heavy atom. The van der Waals surface area contributed by atoms with Gasteiger partial charge in [-0.2, -0.15) is 0 Å². The van der Waals surface area contributed by atoms with Gasteiger partial charge in [-0.1, -0.05) is 97.1 Å². The van der Waals surface area contributed by atoms with Crippen LogP contribution in [0.4, 0.5) is 23.0 Å². The highest BCUT2D eigenvalue weighted by molar-refractivity contribution is 5.87. The Balaban J connectivity index is 0.000000177. The number of nitrogen functional groups attached to an aromatic ring is 1. The smallest absolute Gasteiger partial charge is 0.292 e. The first kappa shape index (κ1) is 30.5. The van der Waals surface area contributed by atoms with E-state index in [1.807, 2.05) is 109 Å². The highest BCUT2D eigenvalue weighted by Gasteiger charge is 2.14. The Labute approximate surface area is 271 Å². The van der Waals surface area contributed by atoms with E-state index >= 15 is 0 Å². The fourth-order valence-electron chi connectivity index (χ4n) is 4.90. The van der Waals surface area contributed by atoms with Crippen molar-refractivity contribution in [3.05, 3.63) is 167 Å². The molecule has 0 aliphatic carbocycles. The second kappa shape index (κ2) is 14.5. The number of pyridine rings is 2. The second-order valence-electron chi connectivity index (χ2n) is 10.5. The first-order valence-corrected chi connectivity index (χ1v) is 14.9. The molecule has 0 fully saturated rings. The molecule has 232 valence electrons. The molecule has 0 radical (unpaired) electrons. The van der Waals surface area contributed by atoms with Crippen LogP contribution in [0.3, 0.4) is 0 Å². The quantitative estimate of drug-likeness (QED) is 0.121. The predicted octanol–water partition coefficient (Wildman–Crippen LogP) is 8.86. The van der Waals surface area contributed by atoms with Crippen molar-refractivity contribution in [2.75, 3.05) is 11.1 Å². The number of nitro benzene ring substituents is 1. The molecule has 3 N–H and O–H groups in total. The SMILES string of the molecule is Nc1ccc2cccc(OCc3ccccc3)c2n1.O=[N+]([O-])c1ccccc1Nc1ccc2cccc(OCc3ccccc3)c2n1. The maximum atomic E-state index is 11.2. The van der Waals surface area contributed by atoms with Crippen LogP contribution in [0.15, 0.2) is 146 Å². The molecule has 47 heavy (non-hydrogen) atoms. The molecule has 5 aromatic carbocycles. The molecule has 2 aromatic heterocycles. The van der Waals surface area contributed by atoms with Crippen LogP contribution < -0.4 is 20.5 Å². The molecule has 0 saturated heterocycles. The molecule has 7 aromatic rings. The number of aromatic nitrogens is 2. The summed E-state index contributed by atoms with van der Waals surface area (Å²) in [5.74, 6) is 2.43. The van der Waals surface area contributed by atoms with Crippen LogP contribution >= 0.6 is 0 Å². The number of para-hydroxylation sites is 4. The molecule has 0 amide bonds. The molecule has 0 aliphatic rings. The van der Waals surface area contributed by atoms with Crippen molar-refractivity contribution in [1.82, 2.24) is 9.97 Å². The summed E-state index contributed by atoms with van der Waals surface area (Å²) in [4.78, 5) is 19.8. The Morgan fingerprint density at radius 2 is 1.13 bits per heavy atom. The highest BCUT2D eigenvalue weighted by atomic mass is 16.6. The minimum atomic E-state index is -0.419. The normalized spacial score (nSPS) is 10.6. The number of nitrogens with one attached hydrogen (secondary N) is 1. The third-order valence-electron chi connectivity index (χ3n) is 7.23. The van der Waals surface area contributed by atoms with E-state index in [4.69, 9.17) is 15.2 Å². The van der Waals surface area contributed by atoms with Gasteiger partial charge in [0.15, 0.2) is 0 Å². The number of fused-ring (bicyclic) bond motifs is 2. The number of benzene rings is 5. The first-order chi connectivity index (χ1) is 23.0. The number of hydrogen-bond donors (Lipinski definition) is 2. The van der Waals surface area contributed by atoms with E-state index < -0.39 is 4.92 Å². The second-order valence-corrected chi connectivity index (χ2v) is 10.5. The molecule has 9 heteroatoms. The summed E-state index contributed by atoms with van der Waals surface area (Å²) in [5.41, 5.74) is 9.81. The average molecular weight is 622 g/mol. The van der Waals surface area contributed by atoms with Crippen molar-refractivity contribution in [2.45, 2.75) is 13.2 Å². The third-order valence-corrected chi connectivity index (χ3v) is 7.23. The minimum absolute atomic E-state index is 0.00184. The number of anilines is 3. The van der Waals surface area contributed by atoms with Crippen molar-refractivity contribution in [2.24, 2.45) is 0 Å². The van der Waals surface area contributed by atoms with Gasteiger partial charge < -0.3 is 20.5 Å². The number of hydrogen-bond acceptors (Lipinski definition) is 8. The summed E-state index contributed by atoms with van der Waals surface area (Å²) in [5, 5.41) is 16.2. The zero-order chi connectivity index (χ0) is 32.4. The summed E-state index contributed by atoms with van der Waals surface area (Å²) < 4.78 is 11.8. The summed E-state index contributed by atoms with van der Waals surface area (Å²) in [6.45, 7) is 0.958. The van der Waals surface area contributed by atoms with Crippen molar-refractivity contribution >= 4 is 44.8 Å². The van der Waals surface area contributed by atoms with Gasteiger partial charge >= 0.3 is 0 Å². The largest absolute Gasteiger partial charge is 0.487 e. The van der Waals surface area contributed by atoms with Gasteiger partial charge in [-0.15, -0.1) is 0 Å². The lowest BCUT2D eigenvalue weighted by molar-refractivity contribution is -0.383. The molecular weight excluding hydrogens is 590 g/mol. The lowest BCUT2D eigenvalue weighted by atomic mass is 10.2. The third kappa shape index (κ3) is 7.79. The molecule has 0 unspecified atom stereocenters. The van der Waals surface area contributed by atoms with Crippen molar-refractivity contribution in [3.63, 3.8) is 0 Å². The van der Waals surface area contributed by atoms with E-state index in [0.29, 0.717) is 41.8 Å². The molecule has 7 rings (SSSR count). The number of nitrogens with two attached hydrogens (primary N) is 1. The van der Waals surface area contributed by atoms with Crippen molar-refractivity contribution in [3.8, 4) is 11.5 Å². The number of nitrogens with zero attached hydrogens (tertiary/aromatic N) is 3. The van der Waals surface area contributed by atoms with Gasteiger partial charge in [-0.3, -0.25) is 10.1 Å². The van der Waals surface area contributed by atoms with E-state index in [1.54, 1.807) is 30.3 Å². The molecule has 0 atom stereocenters. The molecular formula is C38H31N5O4. The standard InChI is InChI=1S/C22H17N3O3.C16H14N2O/c26-25(27)19-11-5-4-10-18(19)23-21-14-13-17-9-6-12-20(22(17)24-21)28-15-16-7-2-1-3-8-16;17-15-10-9-13-7-4-8-14(16(13)18-15)19-11-12-5-2-1-3-6-12/h1-14H,15H2,(H,23,24);1-10H,11H2,(H2,17,18). The zero-order valence-electron chi connectivity index (χ0n) is 25.3. The monoisotopic (exact) mass is 621 g/mol. The van der Waals surface area contributed by atoms with Crippen LogP contribution in [-0.4, -0.2) is 14.9 Å². The predicted molar refractivity (Wildman–Crippen MR) is 186 cm³/mol. The number of ether oxygens (including phenoxy) is 2. The Morgan fingerprint density at radius 3 is 1.72 bits per heavy atom. The van der Waals surface area contributed by atoms with Gasteiger partial charge in [0.05, 0.1) is 4.92 Å². The topological polar surface area (TPSA) is 125 Å². The van der Waals surface area contributed by atoms with Gasteiger partial charge in [-0.25, -0.2) is 9.97 Å². The Kier molecular flexibility index (Phi) is 9.44. The van der Waals surface area contributed by atoms with E-state index in [-0.39, 0.29) is 5.69 Å². The molecule has 2 heterocycles. The lowest BCUT2D eigenvalue weighted by Gasteiger charge is -2.11. The molecule has 0 spiro atoms. The van der Waals surface area contributed by atoms with Crippen molar-refractivity contribution in [1.29, 1.82) is 0 Å². The maximum Gasteiger partial charge on any atom is 0.292 e. The fourth-order valence-corrected chi connectivity index (χ4v) is 4.90. The van der Waals surface area contributed by atoms with Crippen LogP contribution in [0.2, 0.25) is 0 Å². The highest BCUT2D eigenvalue weighted by Crippen LogP contribution is 2.30. The fraction of sp³-hybridized carbons (Fsp3) is 0.0526. The van der Waals surface area contributed by atoms with Gasteiger partial charge in [0.2, 0.25) is 0 Å². The summed E-state index contributed by atoms with van der Waals surface area (Å²) in [6, 6.07) is 45.5. The van der Waals surface area contributed by atoms with Crippen LogP contribution in [0.5, 0.6) is 11.5 Å². The van der Waals surface area contributed by atoms with Crippen LogP contribution in [0.25, 0.3) is 21.8 Å². The summed E-state index contributed by atoms with van der Waals surface area (Å²) in [6.07, 6.45) is 0. The molecule has 9 nitrogen and oxygen atoms in total. The summed E-state index contributed by atoms with van der Waals surface area (Å²) >= 11 is 0. The van der Waals surface area contributed by atoms with E-state index in [0.717, 1.165) is 33.2 Å². The van der Waals surface area contributed by atoms with Crippen LogP contribution in [0.1, 0.15) is 11.1 Å². The molecule has 0 saturated carbocycles. The Bertz CT molecular complexity index is 2130. The zero-order valence-corrected chi connectivity index (χ0v) is 25.3. The van der Waals surface area contributed by atoms with Crippen molar-refractivity contribution < 1.29 is 14.4 Å². The van der Waals surface area contributed by atoms with E-state index in [9.17, 15) is 10.1 Å². The van der Waals surface area contributed by atoms with Gasteiger partial charge in [0, 0.05) is 16.8 Å². The lowest BCUT2D eigenvalue weighted by Crippen LogP contribution is -2.00. The Hall–Kier alpha value is -6.48. The van der Waals surface area contributed by atoms with Crippen LogP contribution in [-0.2, 0) is 13.2 Å². The molecule has 0 bridgehead atoms. The maximum absolute atomic E-state index is 11.2. The molecule has 0 aliphatic heterocycles. The average Bonchev–Trinajstić information content (AvgIpc) is 3.11. The summed E-state index contributed by atoms with van der Waals surface area (Å²) in [7, 11) is 0. The van der Waals surface area contributed by atoms with E-state index in [2.05, 4.69) is 15.3 Å². The van der Waals surface area contributed by atoms with Gasteiger partial charge in [0.25, 0.3) is 5.69 Å². The van der Waals surface area contributed by atoms with E-state index in [1.165, 1.54) is 6.07 Å².